The zero-order valence-corrected chi connectivity index (χ0v) is 11.2. The quantitative estimate of drug-likeness (QED) is 0.630. The average Bonchev–Trinajstić information content (AvgIpc) is 2.83. The van der Waals surface area contributed by atoms with E-state index in [0.29, 0.717) is 0 Å². The van der Waals surface area contributed by atoms with Crippen LogP contribution in [0.25, 0.3) is 0 Å². The van der Waals surface area contributed by atoms with Crippen molar-refractivity contribution in [2.75, 3.05) is 0 Å². The van der Waals surface area contributed by atoms with E-state index in [1.54, 1.807) is 0 Å². The summed E-state index contributed by atoms with van der Waals surface area (Å²) in [7, 11) is 0. The number of thiophene rings is 2. The van der Waals surface area contributed by atoms with E-state index < -0.39 is 0 Å². The van der Waals surface area contributed by atoms with Crippen LogP contribution < -0.4 is 10.9 Å². The van der Waals surface area contributed by atoms with Crippen LogP contribution >= 0.6 is 22.7 Å². The summed E-state index contributed by atoms with van der Waals surface area (Å²) in [4.78, 5) is 5.47. The first kappa shape index (κ1) is 11.8. The van der Waals surface area contributed by atoms with E-state index in [9.17, 15) is 0 Å². The number of hydrogen-bond donors (Lipinski definition) is 2. The Morgan fingerprint density at radius 1 is 0.812 bits per heavy atom. The molecule has 86 valence electrons. The van der Waals surface area contributed by atoms with Crippen LogP contribution in [0, 0.1) is 13.8 Å². The Hall–Kier alpha value is -0.680. The van der Waals surface area contributed by atoms with E-state index in [1.165, 1.54) is 19.5 Å². The molecule has 0 amide bonds. The summed E-state index contributed by atoms with van der Waals surface area (Å²) in [5.41, 5.74) is 6.48. The lowest BCUT2D eigenvalue weighted by Crippen LogP contribution is -2.29. The van der Waals surface area contributed by atoms with Crippen LogP contribution in [-0.2, 0) is 13.1 Å². The van der Waals surface area contributed by atoms with E-state index >= 15 is 0 Å². The molecule has 0 aromatic carbocycles. The van der Waals surface area contributed by atoms with Crippen molar-refractivity contribution < 1.29 is 0 Å². The van der Waals surface area contributed by atoms with E-state index in [1.807, 2.05) is 22.7 Å². The molecule has 0 saturated carbocycles. The third-order valence-electron chi connectivity index (χ3n) is 2.24. The second-order valence-corrected chi connectivity index (χ2v) is 6.48. The first-order chi connectivity index (χ1) is 7.74. The fourth-order valence-corrected chi connectivity index (χ4v) is 3.12. The van der Waals surface area contributed by atoms with Crippen molar-refractivity contribution in [1.29, 1.82) is 0 Å². The monoisotopic (exact) mass is 252 g/mol. The molecule has 2 N–H and O–H groups in total. The van der Waals surface area contributed by atoms with Gasteiger partial charge in [-0.1, -0.05) is 0 Å². The molecule has 2 aromatic rings. The highest BCUT2D eigenvalue weighted by Crippen LogP contribution is 2.15. The van der Waals surface area contributed by atoms with Crippen LogP contribution in [-0.4, -0.2) is 0 Å². The summed E-state index contributed by atoms with van der Waals surface area (Å²) in [6, 6.07) is 8.66. The maximum atomic E-state index is 3.24. The maximum Gasteiger partial charge on any atom is 0.0445 e. The molecule has 16 heavy (non-hydrogen) atoms. The summed E-state index contributed by atoms with van der Waals surface area (Å²) in [6.07, 6.45) is 0. The Morgan fingerprint density at radius 3 is 1.56 bits per heavy atom. The average molecular weight is 252 g/mol. The van der Waals surface area contributed by atoms with Gasteiger partial charge in [0.05, 0.1) is 0 Å². The molecule has 0 spiro atoms. The van der Waals surface area contributed by atoms with E-state index in [2.05, 4.69) is 49.0 Å². The van der Waals surface area contributed by atoms with Gasteiger partial charge in [0.15, 0.2) is 0 Å². The minimum absolute atomic E-state index is 0.892. The molecular weight excluding hydrogens is 236 g/mol. The molecule has 0 atom stereocenters. The fraction of sp³-hybridized carbons (Fsp3) is 0.333. The van der Waals surface area contributed by atoms with E-state index in [-0.39, 0.29) is 0 Å². The Labute approximate surface area is 104 Å². The second kappa shape index (κ2) is 5.59. The molecule has 4 heteroatoms. The standard InChI is InChI=1S/C12H16N2S2/c1-9-3-5-11(15-9)7-13-14-8-12-6-4-10(2)16-12/h3-6,13-14H,7-8H2,1-2H3. The predicted molar refractivity (Wildman–Crippen MR) is 71.8 cm³/mol. The van der Waals surface area contributed by atoms with Crippen molar-refractivity contribution in [3.8, 4) is 0 Å². The van der Waals surface area contributed by atoms with Crippen molar-refractivity contribution in [2.45, 2.75) is 26.9 Å². The van der Waals surface area contributed by atoms with Crippen LogP contribution in [0.3, 0.4) is 0 Å². The minimum Gasteiger partial charge on any atom is -0.252 e. The van der Waals surface area contributed by atoms with Crippen molar-refractivity contribution >= 4 is 22.7 Å². The van der Waals surface area contributed by atoms with Gasteiger partial charge in [-0.3, -0.25) is 10.9 Å². The van der Waals surface area contributed by atoms with Crippen LogP contribution in [0.4, 0.5) is 0 Å². The zero-order chi connectivity index (χ0) is 11.4. The molecule has 0 unspecified atom stereocenters. The van der Waals surface area contributed by atoms with Crippen LogP contribution in [0.2, 0.25) is 0 Å². The summed E-state index contributed by atoms with van der Waals surface area (Å²) < 4.78 is 0. The smallest absolute Gasteiger partial charge is 0.0445 e. The third kappa shape index (κ3) is 3.42. The number of nitrogens with one attached hydrogen (secondary N) is 2. The molecule has 2 rings (SSSR count). The first-order valence-electron chi connectivity index (χ1n) is 5.30. The Bertz CT molecular complexity index is 403. The first-order valence-corrected chi connectivity index (χ1v) is 6.94. The van der Waals surface area contributed by atoms with E-state index in [4.69, 9.17) is 0 Å². The highest BCUT2D eigenvalue weighted by atomic mass is 32.1. The predicted octanol–water partition coefficient (Wildman–Crippen LogP) is 3.22. The Morgan fingerprint density at radius 2 is 1.25 bits per heavy atom. The molecule has 0 fully saturated rings. The SMILES string of the molecule is Cc1ccc(CNNCc2ccc(C)s2)s1. The highest BCUT2D eigenvalue weighted by molar-refractivity contribution is 7.12. The summed E-state index contributed by atoms with van der Waals surface area (Å²) in [5.74, 6) is 0. The summed E-state index contributed by atoms with van der Waals surface area (Å²) in [5, 5.41) is 0. The molecule has 2 nitrogen and oxygen atoms in total. The number of hydrazine groups is 1. The maximum absolute atomic E-state index is 3.24. The molecule has 0 bridgehead atoms. The highest BCUT2D eigenvalue weighted by Gasteiger charge is 1.97. The number of hydrogen-bond acceptors (Lipinski definition) is 4. The van der Waals surface area contributed by atoms with Crippen LogP contribution in [0.1, 0.15) is 19.5 Å². The normalized spacial score (nSPS) is 10.9. The van der Waals surface area contributed by atoms with Gasteiger partial charge in [0.25, 0.3) is 0 Å². The zero-order valence-electron chi connectivity index (χ0n) is 9.54. The third-order valence-corrected chi connectivity index (χ3v) is 4.24. The van der Waals surface area contributed by atoms with Gasteiger partial charge in [0.1, 0.15) is 0 Å². The molecular formula is C12H16N2S2. The van der Waals surface area contributed by atoms with Crippen molar-refractivity contribution in [3.05, 3.63) is 43.8 Å². The van der Waals surface area contributed by atoms with Gasteiger partial charge in [-0.05, 0) is 38.1 Å². The molecule has 0 aliphatic rings. The van der Waals surface area contributed by atoms with Gasteiger partial charge in [-0.25, -0.2) is 0 Å². The second-order valence-electron chi connectivity index (χ2n) is 3.73. The molecule has 0 aliphatic carbocycles. The number of aryl methyl sites for hydroxylation is 2. The lowest BCUT2D eigenvalue weighted by Gasteiger charge is -2.03. The van der Waals surface area contributed by atoms with Gasteiger partial charge >= 0.3 is 0 Å². The van der Waals surface area contributed by atoms with Crippen LogP contribution in [0.5, 0.6) is 0 Å². The van der Waals surface area contributed by atoms with Crippen LogP contribution in [0.15, 0.2) is 24.3 Å². The summed E-state index contributed by atoms with van der Waals surface area (Å²) in [6.45, 7) is 6.05. The van der Waals surface area contributed by atoms with Gasteiger partial charge in [-0.2, -0.15) is 0 Å². The molecule has 0 radical (unpaired) electrons. The van der Waals surface area contributed by atoms with Crippen molar-refractivity contribution in [1.82, 2.24) is 10.9 Å². The molecule has 0 aliphatic heterocycles. The minimum atomic E-state index is 0.892. The van der Waals surface area contributed by atoms with E-state index in [0.717, 1.165) is 13.1 Å². The number of rotatable bonds is 5. The molecule has 2 aromatic heterocycles. The van der Waals surface area contributed by atoms with Gasteiger partial charge < -0.3 is 0 Å². The molecule has 0 saturated heterocycles. The lowest BCUT2D eigenvalue weighted by atomic mass is 10.4. The Balaban J connectivity index is 1.69. The lowest BCUT2D eigenvalue weighted by molar-refractivity contribution is 0.536. The topological polar surface area (TPSA) is 24.1 Å². The van der Waals surface area contributed by atoms with Gasteiger partial charge in [0, 0.05) is 32.6 Å². The fourth-order valence-electron chi connectivity index (χ4n) is 1.46. The van der Waals surface area contributed by atoms with Gasteiger partial charge in [0.2, 0.25) is 0 Å². The Kier molecular flexibility index (Phi) is 4.12. The van der Waals surface area contributed by atoms with Crippen molar-refractivity contribution in [3.63, 3.8) is 0 Å². The van der Waals surface area contributed by atoms with Gasteiger partial charge in [-0.15, -0.1) is 22.7 Å². The molecule has 2 heterocycles. The summed E-state index contributed by atoms with van der Waals surface area (Å²) >= 11 is 3.68. The largest absolute Gasteiger partial charge is 0.252 e. The van der Waals surface area contributed by atoms with Crippen molar-refractivity contribution in [2.24, 2.45) is 0 Å².